The summed E-state index contributed by atoms with van der Waals surface area (Å²) in [5.41, 5.74) is -0.719. The van der Waals surface area contributed by atoms with Gasteiger partial charge in [-0.1, -0.05) is 0 Å². The monoisotopic (exact) mass is 404 g/mol. The summed E-state index contributed by atoms with van der Waals surface area (Å²) < 4.78 is 40.0. The molecule has 3 heterocycles. The van der Waals surface area contributed by atoms with Crippen molar-refractivity contribution >= 4 is 29.5 Å². The molecule has 1 atom stereocenters. The van der Waals surface area contributed by atoms with Gasteiger partial charge >= 0.3 is 13.1 Å². The van der Waals surface area contributed by atoms with Crippen molar-refractivity contribution in [3.63, 3.8) is 0 Å². The number of halogens is 1. The molecule has 2 saturated heterocycles. The van der Waals surface area contributed by atoms with Gasteiger partial charge in [0.2, 0.25) is 0 Å². The highest BCUT2D eigenvalue weighted by Crippen LogP contribution is 2.37. The number of fused-ring (bicyclic) bond motifs is 1. The number of carbonyl (C=O) groups is 1. The van der Waals surface area contributed by atoms with E-state index in [-0.39, 0.29) is 17.3 Å². The summed E-state index contributed by atoms with van der Waals surface area (Å²) in [4.78, 5) is 12.4. The number of benzene rings is 1. The van der Waals surface area contributed by atoms with Crippen LogP contribution < -0.4 is 5.46 Å². The van der Waals surface area contributed by atoms with Crippen molar-refractivity contribution in [3.8, 4) is 0 Å². The van der Waals surface area contributed by atoms with Crippen LogP contribution in [0.15, 0.2) is 12.3 Å². The maximum absolute atomic E-state index is 15.5. The van der Waals surface area contributed by atoms with Crippen LogP contribution >= 0.6 is 0 Å². The molecule has 0 amide bonds. The summed E-state index contributed by atoms with van der Waals surface area (Å²) in [5.74, 6) is -1.48. The van der Waals surface area contributed by atoms with Gasteiger partial charge in [-0.15, -0.1) is 0 Å². The standard InChI is InChI=1S/C20H26BFN2O5/c1-19(2)20(3,4)29-21(28-19)13-10-14-12(16(17(13)22)18(25)26-5)11-23-24(14)15-8-6-7-9-27-15/h10-11,15H,6-9H2,1-5H3. The first-order chi connectivity index (χ1) is 13.7. The number of methoxy groups -OCH3 is 1. The average Bonchev–Trinajstić information content (AvgIpc) is 3.18. The summed E-state index contributed by atoms with van der Waals surface area (Å²) in [7, 11) is 0.271. The van der Waals surface area contributed by atoms with Crippen LogP contribution in [0.5, 0.6) is 0 Å². The molecule has 0 spiro atoms. The molecule has 0 radical (unpaired) electrons. The summed E-state index contributed by atoms with van der Waals surface area (Å²) in [6.45, 7) is 8.21. The SMILES string of the molecule is COC(=O)c1c(F)c(B2OC(C)(C)C(C)(C)O2)cc2c1cnn2C1CCCCO1. The summed E-state index contributed by atoms with van der Waals surface area (Å²) in [6, 6.07) is 1.64. The molecule has 1 aromatic heterocycles. The van der Waals surface area contributed by atoms with Gasteiger partial charge < -0.3 is 18.8 Å². The smallest absolute Gasteiger partial charge is 0.465 e. The molecule has 7 nitrogen and oxygen atoms in total. The van der Waals surface area contributed by atoms with Gasteiger partial charge in [-0.3, -0.25) is 0 Å². The van der Waals surface area contributed by atoms with Gasteiger partial charge in [-0.05, 0) is 53.0 Å². The Bertz CT molecular complexity index is 936. The van der Waals surface area contributed by atoms with Crippen molar-refractivity contribution in [1.29, 1.82) is 0 Å². The lowest BCUT2D eigenvalue weighted by Gasteiger charge is -2.32. The number of aromatic nitrogens is 2. The van der Waals surface area contributed by atoms with E-state index in [4.69, 9.17) is 18.8 Å². The van der Waals surface area contributed by atoms with E-state index in [1.807, 2.05) is 27.7 Å². The number of esters is 1. The van der Waals surface area contributed by atoms with Gasteiger partial charge in [0.05, 0.1) is 30.0 Å². The van der Waals surface area contributed by atoms with E-state index in [1.54, 1.807) is 10.7 Å². The topological polar surface area (TPSA) is 71.8 Å². The number of hydrogen-bond acceptors (Lipinski definition) is 6. The maximum Gasteiger partial charge on any atom is 0.497 e. The molecule has 2 aromatic rings. The van der Waals surface area contributed by atoms with Gasteiger partial charge in [0.15, 0.2) is 6.23 Å². The predicted molar refractivity (Wildman–Crippen MR) is 106 cm³/mol. The summed E-state index contributed by atoms with van der Waals surface area (Å²) in [6.07, 6.45) is 4.03. The lowest BCUT2D eigenvalue weighted by molar-refractivity contribution is -0.0366. The second-order valence-electron chi connectivity index (χ2n) is 8.58. The third-order valence-electron chi connectivity index (χ3n) is 6.19. The fourth-order valence-corrected chi connectivity index (χ4v) is 3.77. The van der Waals surface area contributed by atoms with E-state index in [1.165, 1.54) is 13.3 Å². The molecule has 0 aliphatic carbocycles. The molecular formula is C20H26BFN2O5. The molecule has 0 N–H and O–H groups in total. The second kappa shape index (κ2) is 7.07. The molecule has 2 fully saturated rings. The predicted octanol–water partition coefficient (Wildman–Crippen LogP) is 2.96. The first-order valence-corrected chi connectivity index (χ1v) is 9.91. The maximum atomic E-state index is 15.5. The van der Waals surface area contributed by atoms with Crippen molar-refractivity contribution < 1.29 is 28.0 Å². The van der Waals surface area contributed by atoms with E-state index in [0.29, 0.717) is 17.5 Å². The van der Waals surface area contributed by atoms with Crippen LogP contribution in [0, 0.1) is 5.82 Å². The van der Waals surface area contributed by atoms with Crippen LogP contribution in [0.25, 0.3) is 10.9 Å². The molecule has 156 valence electrons. The molecule has 4 rings (SSSR count). The van der Waals surface area contributed by atoms with Crippen LogP contribution in [-0.2, 0) is 18.8 Å². The van der Waals surface area contributed by atoms with Crippen molar-refractivity contribution in [1.82, 2.24) is 9.78 Å². The minimum atomic E-state index is -0.955. The first-order valence-electron chi connectivity index (χ1n) is 9.91. The van der Waals surface area contributed by atoms with Crippen LogP contribution in [0.4, 0.5) is 4.39 Å². The van der Waals surface area contributed by atoms with Gasteiger partial charge in [0.25, 0.3) is 0 Å². The lowest BCUT2D eigenvalue weighted by atomic mass is 9.77. The number of hydrogen-bond donors (Lipinski definition) is 0. The largest absolute Gasteiger partial charge is 0.497 e. The Labute approximate surface area is 169 Å². The minimum Gasteiger partial charge on any atom is -0.465 e. The van der Waals surface area contributed by atoms with Gasteiger partial charge in [0.1, 0.15) is 11.4 Å². The summed E-state index contributed by atoms with van der Waals surface area (Å²) in [5, 5.41) is 4.78. The third kappa shape index (κ3) is 3.25. The second-order valence-corrected chi connectivity index (χ2v) is 8.58. The van der Waals surface area contributed by atoms with Crippen LogP contribution in [-0.4, -0.2) is 47.8 Å². The molecule has 2 aliphatic heterocycles. The number of carbonyl (C=O) groups excluding carboxylic acids is 1. The van der Waals surface area contributed by atoms with E-state index in [9.17, 15) is 4.79 Å². The number of nitrogens with zero attached hydrogens (tertiary/aromatic N) is 2. The van der Waals surface area contributed by atoms with Crippen molar-refractivity contribution in [3.05, 3.63) is 23.6 Å². The highest BCUT2D eigenvalue weighted by Gasteiger charge is 2.53. The number of ether oxygens (including phenoxy) is 2. The zero-order valence-corrected chi connectivity index (χ0v) is 17.5. The van der Waals surface area contributed by atoms with Crippen LogP contribution in [0.3, 0.4) is 0 Å². The molecule has 2 aliphatic rings. The molecule has 0 bridgehead atoms. The zero-order valence-electron chi connectivity index (χ0n) is 17.5. The highest BCUT2D eigenvalue weighted by atomic mass is 19.1. The number of rotatable bonds is 3. The quantitative estimate of drug-likeness (QED) is 0.579. The molecule has 9 heteroatoms. The Morgan fingerprint density at radius 2 is 1.97 bits per heavy atom. The lowest BCUT2D eigenvalue weighted by Crippen LogP contribution is -2.41. The zero-order chi connectivity index (χ0) is 21.0. The molecule has 0 saturated carbocycles. The van der Waals surface area contributed by atoms with E-state index >= 15 is 4.39 Å². The van der Waals surface area contributed by atoms with Gasteiger partial charge in [0, 0.05) is 17.5 Å². The van der Waals surface area contributed by atoms with E-state index in [2.05, 4.69) is 5.10 Å². The van der Waals surface area contributed by atoms with Gasteiger partial charge in [-0.25, -0.2) is 13.9 Å². The Kier molecular flexibility index (Phi) is 4.95. The first kappa shape index (κ1) is 20.3. The Hall–Kier alpha value is -1.97. The van der Waals surface area contributed by atoms with Crippen LogP contribution in [0.2, 0.25) is 0 Å². The minimum absolute atomic E-state index is 0.147. The summed E-state index contributed by atoms with van der Waals surface area (Å²) >= 11 is 0. The van der Waals surface area contributed by atoms with Crippen LogP contribution in [0.1, 0.15) is 63.5 Å². The Balaban J connectivity index is 1.88. The van der Waals surface area contributed by atoms with E-state index < -0.39 is 30.1 Å². The Morgan fingerprint density at radius 3 is 2.55 bits per heavy atom. The normalized spacial score (nSPS) is 23.5. The molecule has 29 heavy (non-hydrogen) atoms. The molecular weight excluding hydrogens is 378 g/mol. The third-order valence-corrected chi connectivity index (χ3v) is 6.19. The van der Waals surface area contributed by atoms with Crippen molar-refractivity contribution in [2.75, 3.05) is 13.7 Å². The highest BCUT2D eigenvalue weighted by molar-refractivity contribution is 6.62. The average molecular weight is 404 g/mol. The Morgan fingerprint density at radius 1 is 1.28 bits per heavy atom. The fourth-order valence-electron chi connectivity index (χ4n) is 3.77. The van der Waals surface area contributed by atoms with Crippen molar-refractivity contribution in [2.24, 2.45) is 0 Å². The molecule has 1 unspecified atom stereocenters. The molecule has 1 aromatic carbocycles. The van der Waals surface area contributed by atoms with Crippen molar-refractivity contribution in [2.45, 2.75) is 64.4 Å². The van der Waals surface area contributed by atoms with E-state index in [0.717, 1.165) is 19.3 Å². The fraction of sp³-hybridized carbons (Fsp3) is 0.600. The van der Waals surface area contributed by atoms with Gasteiger partial charge in [-0.2, -0.15) is 5.10 Å².